The van der Waals surface area contributed by atoms with Crippen molar-refractivity contribution in [3.05, 3.63) is 57.5 Å². The summed E-state index contributed by atoms with van der Waals surface area (Å²) in [7, 11) is 0. The zero-order valence-electron chi connectivity index (χ0n) is 21.6. The zero-order chi connectivity index (χ0) is 26.2. The highest BCUT2D eigenvalue weighted by Crippen LogP contribution is 2.42. The number of unbranched alkanes of at least 4 members (excludes halogenated alkanes) is 2. The molecule has 0 aliphatic carbocycles. The summed E-state index contributed by atoms with van der Waals surface area (Å²) in [6.07, 6.45) is 3.14. The number of nitrogens with zero attached hydrogens (tertiary/aromatic N) is 2. The SMILES string of the molecule is CCCCCOc1ccc(C2C(C(=O)c3cccs3)=C(O)C(=O)N2CCN2CCOCC2)cc1OCC. The number of ether oxygens (including phenoxy) is 3. The molecule has 1 aromatic carbocycles. The summed E-state index contributed by atoms with van der Waals surface area (Å²) < 4.78 is 17.3. The topological polar surface area (TPSA) is 88.5 Å². The van der Waals surface area contributed by atoms with Gasteiger partial charge < -0.3 is 24.2 Å². The lowest BCUT2D eigenvalue weighted by atomic mass is 9.95. The number of thiophene rings is 1. The minimum absolute atomic E-state index is 0.105. The quantitative estimate of drug-likeness (QED) is 0.300. The Morgan fingerprint density at radius 3 is 2.62 bits per heavy atom. The van der Waals surface area contributed by atoms with Crippen LogP contribution in [-0.4, -0.2) is 79.2 Å². The number of aliphatic hydroxyl groups is 1. The maximum Gasteiger partial charge on any atom is 0.290 e. The van der Waals surface area contributed by atoms with Gasteiger partial charge in [-0.1, -0.05) is 31.9 Å². The number of carbonyl (C=O) groups excluding carboxylic acids is 2. The zero-order valence-corrected chi connectivity index (χ0v) is 22.4. The van der Waals surface area contributed by atoms with Crippen LogP contribution in [-0.2, 0) is 9.53 Å². The largest absolute Gasteiger partial charge is 0.503 e. The minimum atomic E-state index is -0.725. The molecule has 9 heteroatoms. The van der Waals surface area contributed by atoms with Gasteiger partial charge in [-0.15, -0.1) is 11.3 Å². The van der Waals surface area contributed by atoms with Crippen LogP contribution in [0.25, 0.3) is 0 Å². The van der Waals surface area contributed by atoms with E-state index in [-0.39, 0.29) is 11.4 Å². The van der Waals surface area contributed by atoms with E-state index < -0.39 is 17.7 Å². The van der Waals surface area contributed by atoms with Crippen molar-refractivity contribution in [2.24, 2.45) is 0 Å². The van der Waals surface area contributed by atoms with Crippen molar-refractivity contribution in [3.8, 4) is 11.5 Å². The molecular formula is C28H36N2O6S. The van der Waals surface area contributed by atoms with E-state index in [1.165, 1.54) is 11.3 Å². The molecule has 2 aliphatic heterocycles. The molecule has 1 saturated heterocycles. The summed E-state index contributed by atoms with van der Waals surface area (Å²) >= 11 is 1.29. The molecule has 200 valence electrons. The van der Waals surface area contributed by atoms with Gasteiger partial charge in [0, 0.05) is 26.2 Å². The monoisotopic (exact) mass is 528 g/mol. The summed E-state index contributed by atoms with van der Waals surface area (Å²) in [4.78, 5) is 31.1. The van der Waals surface area contributed by atoms with Crippen LogP contribution in [0, 0.1) is 0 Å². The number of benzene rings is 1. The van der Waals surface area contributed by atoms with E-state index >= 15 is 0 Å². The fraction of sp³-hybridized carbons (Fsp3) is 0.500. The van der Waals surface area contributed by atoms with Crippen LogP contribution in [0.3, 0.4) is 0 Å². The lowest BCUT2D eigenvalue weighted by molar-refractivity contribution is -0.129. The third kappa shape index (κ3) is 6.34. The number of hydrogen-bond donors (Lipinski definition) is 1. The number of rotatable bonds is 13. The number of amides is 1. The molecule has 0 bridgehead atoms. The molecule has 3 heterocycles. The minimum Gasteiger partial charge on any atom is -0.503 e. The average molecular weight is 529 g/mol. The van der Waals surface area contributed by atoms with Crippen LogP contribution < -0.4 is 9.47 Å². The van der Waals surface area contributed by atoms with Crippen LogP contribution in [0.2, 0.25) is 0 Å². The predicted octanol–water partition coefficient (Wildman–Crippen LogP) is 4.63. The van der Waals surface area contributed by atoms with Gasteiger partial charge in [0.1, 0.15) is 0 Å². The Balaban J connectivity index is 1.66. The van der Waals surface area contributed by atoms with Crippen molar-refractivity contribution >= 4 is 23.0 Å². The summed E-state index contributed by atoms with van der Waals surface area (Å²) in [5, 5.41) is 12.8. The molecule has 1 atom stereocenters. The molecule has 1 amide bonds. The molecule has 2 aliphatic rings. The molecule has 8 nitrogen and oxygen atoms in total. The standard InChI is InChI=1S/C28H36N2O6S/c1-3-5-6-15-36-21-10-9-20(19-22(21)35-4-2)25-24(26(31)23-8-7-18-37-23)27(32)28(33)30(25)12-11-29-13-16-34-17-14-29/h7-10,18-19,25,32H,3-6,11-17H2,1-2H3. The Labute approximate surface area is 222 Å². The van der Waals surface area contributed by atoms with Gasteiger partial charge >= 0.3 is 0 Å². The Bertz CT molecular complexity index is 1090. The van der Waals surface area contributed by atoms with E-state index in [0.29, 0.717) is 61.5 Å². The molecule has 4 rings (SSSR count). The summed E-state index contributed by atoms with van der Waals surface area (Å²) in [6, 6.07) is 8.30. The van der Waals surface area contributed by atoms with E-state index in [2.05, 4.69) is 11.8 Å². The van der Waals surface area contributed by atoms with E-state index in [1.807, 2.05) is 30.5 Å². The van der Waals surface area contributed by atoms with Gasteiger partial charge in [-0.25, -0.2) is 0 Å². The highest BCUT2D eigenvalue weighted by molar-refractivity contribution is 7.12. The van der Waals surface area contributed by atoms with Crippen LogP contribution in [0.15, 0.2) is 47.0 Å². The molecule has 0 spiro atoms. The number of aliphatic hydroxyl groups excluding tert-OH is 1. The van der Waals surface area contributed by atoms with Crippen LogP contribution in [0.1, 0.15) is 54.4 Å². The molecule has 2 aromatic rings. The first kappa shape index (κ1) is 27.2. The molecule has 1 N–H and O–H groups in total. The third-order valence-corrected chi connectivity index (χ3v) is 7.51. The average Bonchev–Trinajstić information content (AvgIpc) is 3.54. The second-order valence-electron chi connectivity index (χ2n) is 9.12. The van der Waals surface area contributed by atoms with E-state index in [9.17, 15) is 14.7 Å². The summed E-state index contributed by atoms with van der Waals surface area (Å²) in [6.45, 7) is 8.94. The Morgan fingerprint density at radius 1 is 1.11 bits per heavy atom. The van der Waals surface area contributed by atoms with Crippen molar-refractivity contribution < 1.29 is 28.9 Å². The molecule has 1 fully saturated rings. The Hall–Kier alpha value is -2.88. The van der Waals surface area contributed by atoms with Gasteiger partial charge in [0.2, 0.25) is 5.78 Å². The fourth-order valence-corrected chi connectivity index (χ4v) is 5.37. The molecule has 37 heavy (non-hydrogen) atoms. The first-order chi connectivity index (χ1) is 18.0. The molecule has 1 unspecified atom stereocenters. The number of hydrogen-bond acceptors (Lipinski definition) is 8. The highest BCUT2D eigenvalue weighted by Gasteiger charge is 2.44. The van der Waals surface area contributed by atoms with E-state index in [4.69, 9.17) is 14.2 Å². The maximum atomic E-state index is 13.5. The lowest BCUT2D eigenvalue weighted by Gasteiger charge is -2.32. The van der Waals surface area contributed by atoms with Gasteiger partial charge in [-0.3, -0.25) is 14.5 Å². The Morgan fingerprint density at radius 2 is 1.92 bits per heavy atom. The maximum absolute atomic E-state index is 13.5. The van der Waals surface area contributed by atoms with Gasteiger partial charge in [-0.05, 0) is 42.5 Å². The van der Waals surface area contributed by atoms with E-state index in [1.54, 1.807) is 17.0 Å². The fourth-order valence-electron chi connectivity index (χ4n) is 4.69. The second kappa shape index (κ2) is 13.1. The molecule has 1 aromatic heterocycles. The molecule has 0 radical (unpaired) electrons. The summed E-state index contributed by atoms with van der Waals surface area (Å²) in [5.41, 5.74) is 0.803. The second-order valence-corrected chi connectivity index (χ2v) is 10.1. The van der Waals surface area contributed by atoms with Crippen LogP contribution >= 0.6 is 11.3 Å². The number of Topliss-reactive ketones (excluding diaryl/α,β-unsaturated/α-hetero) is 1. The first-order valence-electron chi connectivity index (χ1n) is 13.1. The Kier molecular flexibility index (Phi) is 9.60. The number of ketones is 1. The van der Waals surface area contributed by atoms with Gasteiger partial charge in [0.25, 0.3) is 5.91 Å². The molecular weight excluding hydrogens is 492 g/mol. The summed E-state index contributed by atoms with van der Waals surface area (Å²) in [5.74, 6) is -0.159. The first-order valence-corrected chi connectivity index (χ1v) is 13.9. The van der Waals surface area contributed by atoms with Crippen molar-refractivity contribution in [2.45, 2.75) is 39.2 Å². The van der Waals surface area contributed by atoms with Crippen molar-refractivity contribution in [1.82, 2.24) is 9.80 Å². The van der Waals surface area contributed by atoms with E-state index in [0.717, 1.165) is 32.4 Å². The number of carbonyl (C=O) groups is 2. The van der Waals surface area contributed by atoms with Gasteiger partial charge in [0.05, 0.1) is 42.9 Å². The highest BCUT2D eigenvalue weighted by atomic mass is 32.1. The lowest BCUT2D eigenvalue weighted by Crippen LogP contribution is -2.43. The van der Waals surface area contributed by atoms with Crippen molar-refractivity contribution in [3.63, 3.8) is 0 Å². The molecule has 0 saturated carbocycles. The van der Waals surface area contributed by atoms with Crippen LogP contribution in [0.4, 0.5) is 0 Å². The van der Waals surface area contributed by atoms with Crippen molar-refractivity contribution in [1.29, 1.82) is 0 Å². The third-order valence-electron chi connectivity index (χ3n) is 6.64. The predicted molar refractivity (Wildman–Crippen MR) is 143 cm³/mol. The number of morpholine rings is 1. The van der Waals surface area contributed by atoms with Crippen molar-refractivity contribution in [2.75, 3.05) is 52.6 Å². The normalized spacial score (nSPS) is 18.5. The van der Waals surface area contributed by atoms with Crippen LogP contribution in [0.5, 0.6) is 11.5 Å². The van der Waals surface area contributed by atoms with Gasteiger partial charge in [-0.2, -0.15) is 0 Å². The van der Waals surface area contributed by atoms with Gasteiger partial charge in [0.15, 0.2) is 17.3 Å². The smallest absolute Gasteiger partial charge is 0.290 e.